The Morgan fingerprint density at radius 2 is 2.13 bits per heavy atom. The van der Waals surface area contributed by atoms with E-state index >= 15 is 0 Å². The molecule has 1 unspecified atom stereocenters. The Labute approximate surface area is 178 Å². The first-order valence-corrected chi connectivity index (χ1v) is 10.9. The molecule has 168 valence electrons. The summed E-state index contributed by atoms with van der Waals surface area (Å²) in [6.07, 6.45) is 4.78. The number of hydrazine groups is 1. The van der Waals surface area contributed by atoms with Gasteiger partial charge in [0.2, 0.25) is 17.7 Å². The highest BCUT2D eigenvalue weighted by Crippen LogP contribution is 2.40. The van der Waals surface area contributed by atoms with Crippen molar-refractivity contribution in [3.8, 4) is 0 Å². The molecular formula is C20H27F2N7O2. The lowest BCUT2D eigenvalue weighted by molar-refractivity contribution is -0.130. The van der Waals surface area contributed by atoms with Crippen LogP contribution in [-0.2, 0) is 4.79 Å². The Bertz CT molecular complexity index is 913. The molecule has 0 radical (unpaired) electrons. The number of hydrogen-bond donors (Lipinski definition) is 2. The molecule has 31 heavy (non-hydrogen) atoms. The minimum absolute atomic E-state index is 0.0464. The molecule has 4 aliphatic rings. The highest BCUT2D eigenvalue weighted by molar-refractivity contribution is 5.91. The van der Waals surface area contributed by atoms with E-state index in [1.165, 1.54) is 0 Å². The van der Waals surface area contributed by atoms with Gasteiger partial charge in [0.15, 0.2) is 0 Å². The molecule has 2 aliphatic heterocycles. The average Bonchev–Trinajstić information content (AvgIpc) is 3.13. The molecule has 0 bridgehead atoms. The molecule has 3 fully saturated rings. The lowest BCUT2D eigenvalue weighted by atomic mass is 10.0. The van der Waals surface area contributed by atoms with Crippen LogP contribution in [0.2, 0.25) is 0 Å². The quantitative estimate of drug-likeness (QED) is 0.727. The third kappa shape index (κ3) is 4.02. The van der Waals surface area contributed by atoms with E-state index in [-0.39, 0.29) is 42.4 Å². The van der Waals surface area contributed by atoms with Gasteiger partial charge in [-0.05, 0) is 37.7 Å². The molecule has 3 heterocycles. The molecule has 9 nitrogen and oxygen atoms in total. The van der Waals surface area contributed by atoms with Gasteiger partial charge in [-0.25, -0.2) is 18.8 Å². The Hall–Kier alpha value is -2.56. The van der Waals surface area contributed by atoms with Gasteiger partial charge >= 0.3 is 0 Å². The molecule has 0 aromatic carbocycles. The third-order valence-corrected chi connectivity index (χ3v) is 6.62. The summed E-state index contributed by atoms with van der Waals surface area (Å²) in [6, 6.07) is 0.199. The summed E-state index contributed by atoms with van der Waals surface area (Å²) >= 11 is 0. The minimum atomic E-state index is -2.56. The molecule has 1 saturated heterocycles. The third-order valence-electron chi connectivity index (χ3n) is 6.62. The first kappa shape index (κ1) is 20.3. The van der Waals surface area contributed by atoms with Crippen molar-refractivity contribution < 1.29 is 18.4 Å². The van der Waals surface area contributed by atoms with Gasteiger partial charge in [-0.2, -0.15) is 0 Å². The lowest BCUT2D eigenvalue weighted by Crippen LogP contribution is -2.43. The molecule has 11 heteroatoms. The average molecular weight is 435 g/mol. The van der Waals surface area contributed by atoms with E-state index in [0.717, 1.165) is 18.7 Å². The zero-order chi connectivity index (χ0) is 21.8. The SMILES string of the molecule is CN1C(=O)[C@H](c2nc(C(=O)NC3CC3)n[nH]2)CCN2C1=CCN2CC1CCC(F)(F)C1. The van der Waals surface area contributed by atoms with Crippen molar-refractivity contribution in [2.75, 3.05) is 26.7 Å². The first-order chi connectivity index (χ1) is 14.8. The summed E-state index contributed by atoms with van der Waals surface area (Å²) in [4.78, 5) is 31.2. The van der Waals surface area contributed by atoms with E-state index in [2.05, 4.69) is 25.5 Å². The van der Waals surface area contributed by atoms with Gasteiger partial charge in [0, 0.05) is 45.6 Å². The Balaban J connectivity index is 1.27. The minimum Gasteiger partial charge on any atom is -0.347 e. The maximum absolute atomic E-state index is 13.6. The Morgan fingerprint density at radius 3 is 2.84 bits per heavy atom. The highest BCUT2D eigenvalue weighted by atomic mass is 19.3. The predicted octanol–water partition coefficient (Wildman–Crippen LogP) is 1.45. The van der Waals surface area contributed by atoms with E-state index in [9.17, 15) is 18.4 Å². The molecule has 2 saturated carbocycles. The molecule has 2 aliphatic carbocycles. The summed E-state index contributed by atoms with van der Waals surface area (Å²) in [5.74, 6) is -2.44. The second-order valence-corrected chi connectivity index (χ2v) is 9.05. The number of rotatable bonds is 5. The zero-order valence-electron chi connectivity index (χ0n) is 17.5. The van der Waals surface area contributed by atoms with Crippen molar-refractivity contribution in [3.63, 3.8) is 0 Å². The van der Waals surface area contributed by atoms with Crippen molar-refractivity contribution in [1.29, 1.82) is 0 Å². The largest absolute Gasteiger partial charge is 0.347 e. The zero-order valence-corrected chi connectivity index (χ0v) is 17.5. The number of hydrogen-bond acceptors (Lipinski definition) is 6. The van der Waals surface area contributed by atoms with Crippen LogP contribution in [0, 0.1) is 5.92 Å². The smallest absolute Gasteiger partial charge is 0.291 e. The topological polar surface area (TPSA) is 97.5 Å². The number of carbonyl (C=O) groups is 2. The number of likely N-dealkylation sites (N-methyl/N-ethyl adjacent to an activating group) is 1. The number of halogens is 2. The van der Waals surface area contributed by atoms with Crippen LogP contribution in [0.25, 0.3) is 0 Å². The summed E-state index contributed by atoms with van der Waals surface area (Å²) < 4.78 is 27.2. The van der Waals surface area contributed by atoms with Gasteiger partial charge in [0.1, 0.15) is 11.6 Å². The van der Waals surface area contributed by atoms with E-state index in [0.29, 0.717) is 38.3 Å². The summed E-state index contributed by atoms with van der Waals surface area (Å²) in [6.45, 7) is 1.71. The van der Waals surface area contributed by atoms with Crippen LogP contribution in [0.15, 0.2) is 11.9 Å². The Kier molecular flexibility index (Phi) is 4.95. The van der Waals surface area contributed by atoms with Crippen LogP contribution < -0.4 is 5.32 Å². The number of fused-ring (bicyclic) bond motifs is 1. The molecule has 1 aromatic rings. The summed E-state index contributed by atoms with van der Waals surface area (Å²) in [7, 11) is 1.71. The summed E-state index contributed by atoms with van der Waals surface area (Å²) in [5.41, 5.74) is 0. The van der Waals surface area contributed by atoms with Gasteiger partial charge in [-0.3, -0.25) is 19.7 Å². The van der Waals surface area contributed by atoms with E-state index < -0.39 is 11.8 Å². The number of carbonyl (C=O) groups excluding carboxylic acids is 2. The standard InChI is InChI=1S/C20H27F2N7O2/c1-27-15-6-8-28(11-12-4-7-20(21,22)10-12)29(15)9-5-14(19(27)31)16-24-17(26-25-16)18(30)23-13-2-3-13/h6,12-14H,2-5,7-11H2,1H3,(H,23,30)(H,24,25,26)/t12?,14-/m0/s1. The van der Waals surface area contributed by atoms with Gasteiger partial charge in [0.25, 0.3) is 5.91 Å². The van der Waals surface area contributed by atoms with Crippen LogP contribution in [0.1, 0.15) is 60.9 Å². The van der Waals surface area contributed by atoms with Crippen molar-refractivity contribution in [1.82, 2.24) is 35.4 Å². The fourth-order valence-corrected chi connectivity index (χ4v) is 4.76. The molecular weight excluding hydrogens is 408 g/mol. The number of nitrogens with zero attached hydrogens (tertiary/aromatic N) is 5. The van der Waals surface area contributed by atoms with Gasteiger partial charge in [-0.1, -0.05) is 0 Å². The second kappa shape index (κ2) is 7.54. The molecule has 2 N–H and O–H groups in total. The van der Waals surface area contributed by atoms with Crippen LogP contribution >= 0.6 is 0 Å². The van der Waals surface area contributed by atoms with Crippen molar-refractivity contribution >= 4 is 11.8 Å². The fourth-order valence-electron chi connectivity index (χ4n) is 4.76. The molecule has 1 aromatic heterocycles. The predicted molar refractivity (Wildman–Crippen MR) is 106 cm³/mol. The van der Waals surface area contributed by atoms with Gasteiger partial charge in [0.05, 0.1) is 5.92 Å². The molecule has 2 atom stereocenters. The number of alkyl halides is 2. The fraction of sp³-hybridized carbons (Fsp3) is 0.700. The lowest BCUT2D eigenvalue weighted by Gasteiger charge is -2.34. The number of aromatic amines is 1. The highest BCUT2D eigenvalue weighted by Gasteiger charge is 2.43. The number of amides is 2. The molecule has 0 spiro atoms. The second-order valence-electron chi connectivity index (χ2n) is 9.05. The van der Waals surface area contributed by atoms with Gasteiger partial charge in [-0.15, -0.1) is 5.10 Å². The monoisotopic (exact) mass is 435 g/mol. The maximum Gasteiger partial charge on any atom is 0.291 e. The maximum atomic E-state index is 13.6. The van der Waals surface area contributed by atoms with Gasteiger partial charge < -0.3 is 10.2 Å². The van der Waals surface area contributed by atoms with Crippen LogP contribution in [-0.4, -0.2) is 80.6 Å². The van der Waals surface area contributed by atoms with E-state index in [1.54, 1.807) is 11.9 Å². The molecule has 2 amide bonds. The van der Waals surface area contributed by atoms with Crippen molar-refractivity contribution in [3.05, 3.63) is 23.5 Å². The number of nitrogens with one attached hydrogen (secondary N) is 2. The number of H-pyrrole nitrogens is 1. The summed E-state index contributed by atoms with van der Waals surface area (Å²) in [5, 5.41) is 13.7. The van der Waals surface area contributed by atoms with Crippen molar-refractivity contribution in [2.24, 2.45) is 5.92 Å². The Morgan fingerprint density at radius 1 is 1.32 bits per heavy atom. The van der Waals surface area contributed by atoms with Crippen LogP contribution in [0.5, 0.6) is 0 Å². The van der Waals surface area contributed by atoms with Crippen molar-refractivity contribution in [2.45, 2.75) is 56.4 Å². The normalized spacial score (nSPS) is 28.5. The number of aromatic nitrogens is 3. The molecule has 5 rings (SSSR count). The van der Waals surface area contributed by atoms with E-state index in [4.69, 9.17) is 0 Å². The first-order valence-electron chi connectivity index (χ1n) is 10.9. The van der Waals surface area contributed by atoms with Crippen LogP contribution in [0.3, 0.4) is 0 Å². The van der Waals surface area contributed by atoms with Crippen LogP contribution in [0.4, 0.5) is 8.78 Å². The van der Waals surface area contributed by atoms with E-state index in [1.807, 2.05) is 11.1 Å².